The molecule has 0 radical (unpaired) electrons. The van der Waals surface area contributed by atoms with Crippen molar-refractivity contribution in [2.75, 3.05) is 16.6 Å². The fraction of sp³-hybridized carbons (Fsp3) is 0.321. The number of benzene rings is 2. The number of carbonyl (C=O) groups excluding carboxylic acids is 3. The smallest absolute Gasteiger partial charge is 0.341 e. The number of carbonyl (C=O) groups is 3. The Morgan fingerprint density at radius 2 is 1.78 bits per heavy atom. The van der Waals surface area contributed by atoms with Crippen LogP contribution in [-0.2, 0) is 37.1 Å². The van der Waals surface area contributed by atoms with Crippen LogP contribution < -0.4 is 10.0 Å². The van der Waals surface area contributed by atoms with Crippen LogP contribution in [0.25, 0.3) is 0 Å². The Morgan fingerprint density at radius 3 is 2.44 bits per heavy atom. The highest BCUT2D eigenvalue weighted by Crippen LogP contribution is 2.40. The second kappa shape index (κ2) is 12.4. The third-order valence-electron chi connectivity index (χ3n) is 6.46. The number of thiophene rings is 1. The van der Waals surface area contributed by atoms with Crippen LogP contribution in [0.15, 0.2) is 47.4 Å². The average Bonchev–Trinajstić information content (AvgIpc) is 3.27. The van der Waals surface area contributed by atoms with Gasteiger partial charge >= 0.3 is 11.9 Å². The van der Waals surface area contributed by atoms with Crippen LogP contribution >= 0.6 is 11.3 Å². The van der Waals surface area contributed by atoms with E-state index in [0.29, 0.717) is 35.0 Å². The summed E-state index contributed by atoms with van der Waals surface area (Å²) in [5, 5.41) is 3.07. The largest absolute Gasteiger partial charge is 0.462 e. The summed E-state index contributed by atoms with van der Waals surface area (Å²) in [6.07, 6.45) is 1.19. The summed E-state index contributed by atoms with van der Waals surface area (Å²) in [6.45, 7) is 5.40. The predicted octanol–water partition coefficient (Wildman–Crippen LogP) is 5.31. The van der Waals surface area contributed by atoms with Crippen LogP contribution in [0, 0.1) is 17.6 Å². The summed E-state index contributed by atoms with van der Waals surface area (Å²) in [6, 6.07) is 7.29. The molecule has 1 amide bonds. The van der Waals surface area contributed by atoms with Crippen molar-refractivity contribution in [3.8, 4) is 0 Å². The van der Waals surface area contributed by atoms with Gasteiger partial charge in [-0.05, 0) is 87.1 Å². The fourth-order valence-electron chi connectivity index (χ4n) is 4.29. The minimum absolute atomic E-state index is 0.0354. The number of sulfonamides is 1. The van der Waals surface area contributed by atoms with Gasteiger partial charge in [0.05, 0.1) is 22.6 Å². The lowest BCUT2D eigenvalue weighted by atomic mass is 9.88. The van der Waals surface area contributed by atoms with E-state index in [1.165, 1.54) is 42.5 Å². The molecule has 41 heavy (non-hydrogen) atoms. The highest BCUT2D eigenvalue weighted by atomic mass is 32.2. The number of ether oxygens (including phenoxy) is 2. The molecule has 1 aliphatic rings. The summed E-state index contributed by atoms with van der Waals surface area (Å²) in [7, 11) is -4.22. The van der Waals surface area contributed by atoms with Gasteiger partial charge in [-0.1, -0.05) is 6.92 Å². The molecule has 3 aromatic rings. The highest BCUT2D eigenvalue weighted by Gasteiger charge is 2.30. The summed E-state index contributed by atoms with van der Waals surface area (Å²) >= 11 is 1.32. The van der Waals surface area contributed by atoms with E-state index >= 15 is 0 Å². The van der Waals surface area contributed by atoms with Crippen molar-refractivity contribution in [2.45, 2.75) is 51.0 Å². The van der Waals surface area contributed by atoms with Crippen LogP contribution in [0.3, 0.4) is 0 Å². The standard InChI is InChI=1S/C28H28F2N2O7S2/c1-4-38-28(35)24-20-11-5-15(2)13-23(20)40-26(24)31-25(33)16(3)39-27(34)17-6-8-18(9-7-17)32-41(36,37)19-10-12-21(29)22(30)14-19/h6-10,12,14-16,32H,4-5,11,13H2,1-3H3,(H,31,33)/t15-,16-/m1/s1. The van der Waals surface area contributed by atoms with E-state index in [0.717, 1.165) is 29.3 Å². The number of nitrogens with one attached hydrogen (secondary N) is 2. The number of rotatable bonds is 9. The number of amides is 1. The monoisotopic (exact) mass is 606 g/mol. The normalized spacial score (nSPS) is 15.4. The lowest BCUT2D eigenvalue weighted by molar-refractivity contribution is -0.123. The molecule has 0 spiro atoms. The van der Waals surface area contributed by atoms with Crippen molar-refractivity contribution in [3.05, 3.63) is 75.7 Å². The van der Waals surface area contributed by atoms with E-state index in [4.69, 9.17) is 9.47 Å². The molecule has 2 N–H and O–H groups in total. The van der Waals surface area contributed by atoms with Gasteiger partial charge in [0.1, 0.15) is 5.00 Å². The molecule has 0 bridgehead atoms. The van der Waals surface area contributed by atoms with E-state index in [2.05, 4.69) is 17.0 Å². The number of esters is 2. The molecule has 1 heterocycles. The zero-order chi connectivity index (χ0) is 29.9. The predicted molar refractivity (Wildman–Crippen MR) is 149 cm³/mol. The Labute approximate surface area is 239 Å². The molecule has 2 atom stereocenters. The molecule has 1 aromatic heterocycles. The number of anilines is 2. The molecule has 4 rings (SSSR count). The molecule has 2 aromatic carbocycles. The van der Waals surface area contributed by atoms with Gasteiger partial charge in [-0.3, -0.25) is 9.52 Å². The number of hydrogen-bond acceptors (Lipinski definition) is 8. The number of halogens is 2. The summed E-state index contributed by atoms with van der Waals surface area (Å²) < 4.78 is 64.3. The average molecular weight is 607 g/mol. The maximum atomic E-state index is 13.5. The third kappa shape index (κ3) is 6.91. The molecule has 1 aliphatic carbocycles. The van der Waals surface area contributed by atoms with E-state index in [1.807, 2.05) is 0 Å². The second-order valence-corrected chi connectivity index (χ2v) is 12.4. The number of fused-ring (bicyclic) bond motifs is 1. The lowest BCUT2D eigenvalue weighted by Gasteiger charge is -2.18. The van der Waals surface area contributed by atoms with Crippen molar-refractivity contribution in [3.63, 3.8) is 0 Å². The van der Waals surface area contributed by atoms with Gasteiger partial charge in [0.2, 0.25) is 0 Å². The van der Waals surface area contributed by atoms with Crippen LogP contribution in [0.5, 0.6) is 0 Å². The summed E-state index contributed by atoms with van der Waals surface area (Å²) in [4.78, 5) is 38.8. The van der Waals surface area contributed by atoms with E-state index < -0.39 is 50.5 Å². The van der Waals surface area contributed by atoms with Gasteiger partial charge in [-0.25, -0.2) is 26.8 Å². The van der Waals surface area contributed by atoms with E-state index in [1.54, 1.807) is 6.92 Å². The zero-order valence-electron chi connectivity index (χ0n) is 22.5. The zero-order valence-corrected chi connectivity index (χ0v) is 24.1. The van der Waals surface area contributed by atoms with Crippen molar-refractivity contribution in [1.82, 2.24) is 0 Å². The molecule has 0 unspecified atom stereocenters. The van der Waals surface area contributed by atoms with E-state index in [9.17, 15) is 31.6 Å². The molecular formula is C28H28F2N2O7S2. The SMILES string of the molecule is CCOC(=O)c1c(NC(=O)[C@@H](C)OC(=O)c2ccc(NS(=O)(=O)c3ccc(F)c(F)c3)cc2)sc2c1CC[C@@H](C)C2. The third-order valence-corrected chi connectivity index (χ3v) is 9.00. The Balaban J connectivity index is 1.41. The maximum Gasteiger partial charge on any atom is 0.341 e. The molecule has 9 nitrogen and oxygen atoms in total. The Kier molecular flexibility index (Phi) is 9.08. The maximum absolute atomic E-state index is 13.5. The quantitative estimate of drug-likeness (QED) is 0.316. The van der Waals surface area contributed by atoms with Crippen molar-refractivity contribution < 1.29 is 41.1 Å². The van der Waals surface area contributed by atoms with Gasteiger partial charge in [0, 0.05) is 10.6 Å². The first-order valence-corrected chi connectivity index (χ1v) is 15.1. The van der Waals surface area contributed by atoms with Crippen LogP contribution in [0.1, 0.15) is 58.3 Å². The van der Waals surface area contributed by atoms with Crippen LogP contribution in [-0.4, -0.2) is 39.0 Å². The molecule has 0 fully saturated rings. The van der Waals surface area contributed by atoms with Gasteiger partial charge in [0.25, 0.3) is 15.9 Å². The van der Waals surface area contributed by atoms with Gasteiger partial charge < -0.3 is 14.8 Å². The lowest BCUT2D eigenvalue weighted by Crippen LogP contribution is -2.30. The first-order chi connectivity index (χ1) is 19.4. The topological polar surface area (TPSA) is 128 Å². The van der Waals surface area contributed by atoms with Crippen molar-refractivity contribution in [1.29, 1.82) is 0 Å². The fourth-order valence-corrected chi connectivity index (χ4v) is 6.76. The molecular weight excluding hydrogens is 578 g/mol. The molecule has 0 saturated heterocycles. The van der Waals surface area contributed by atoms with Crippen molar-refractivity contribution >= 4 is 49.9 Å². The first-order valence-electron chi connectivity index (χ1n) is 12.8. The molecule has 218 valence electrons. The summed E-state index contributed by atoms with van der Waals surface area (Å²) in [5.41, 5.74) is 1.31. The molecule has 13 heteroatoms. The van der Waals surface area contributed by atoms with Gasteiger partial charge in [-0.15, -0.1) is 11.3 Å². The van der Waals surface area contributed by atoms with Gasteiger partial charge in [-0.2, -0.15) is 0 Å². The minimum atomic E-state index is -4.22. The molecule has 0 saturated carbocycles. The van der Waals surface area contributed by atoms with Gasteiger partial charge in [0.15, 0.2) is 17.7 Å². The second-order valence-electron chi connectivity index (χ2n) is 9.57. The molecule has 0 aliphatic heterocycles. The summed E-state index contributed by atoms with van der Waals surface area (Å²) in [5.74, 6) is -4.03. The Morgan fingerprint density at radius 1 is 1.07 bits per heavy atom. The van der Waals surface area contributed by atoms with Crippen molar-refractivity contribution in [2.24, 2.45) is 5.92 Å². The minimum Gasteiger partial charge on any atom is -0.462 e. The first kappa shape index (κ1) is 30.1. The van der Waals surface area contributed by atoms with E-state index in [-0.39, 0.29) is 17.9 Å². The Bertz CT molecular complexity index is 1590. The highest BCUT2D eigenvalue weighted by molar-refractivity contribution is 7.92. The van der Waals surface area contributed by atoms with Crippen LogP contribution in [0.2, 0.25) is 0 Å². The Hall–Kier alpha value is -3.84. The number of hydrogen-bond donors (Lipinski definition) is 2. The van der Waals surface area contributed by atoms with Crippen LogP contribution in [0.4, 0.5) is 19.5 Å².